The van der Waals surface area contributed by atoms with Crippen LogP contribution in [0.3, 0.4) is 0 Å². The summed E-state index contributed by atoms with van der Waals surface area (Å²) in [6.07, 6.45) is 41.0. The predicted octanol–water partition coefficient (Wildman–Crippen LogP) is 11.1. The SMILES string of the molecule is CCCCCCCC/C=C/C=C/[C@@H](O)[C@H](COP(=O)([O-])OCC[N+](C)(C)C)NC(=O)CCCCCCCCCCCCCCCCCCCCCC. The highest BCUT2D eigenvalue weighted by molar-refractivity contribution is 7.45. The van der Waals surface area contributed by atoms with Crippen LogP contribution in [-0.4, -0.2) is 68.5 Å². The zero-order chi connectivity index (χ0) is 38.6. The van der Waals surface area contributed by atoms with Crippen molar-refractivity contribution in [1.82, 2.24) is 5.32 Å². The maximum atomic E-state index is 12.8. The van der Waals surface area contributed by atoms with Crippen molar-refractivity contribution in [2.45, 2.75) is 206 Å². The molecule has 52 heavy (non-hydrogen) atoms. The Hall–Kier alpha value is -1.02. The van der Waals surface area contributed by atoms with Crippen LogP contribution in [0.5, 0.6) is 0 Å². The number of nitrogens with one attached hydrogen (secondary N) is 1. The van der Waals surface area contributed by atoms with Gasteiger partial charge in [-0.3, -0.25) is 9.36 Å². The number of aliphatic hydroxyl groups is 1. The Morgan fingerprint density at radius 1 is 0.673 bits per heavy atom. The second-order valence-corrected chi connectivity index (χ2v) is 17.5. The van der Waals surface area contributed by atoms with Crippen molar-refractivity contribution in [3.05, 3.63) is 24.3 Å². The third-order valence-electron chi connectivity index (χ3n) is 9.72. The maximum absolute atomic E-state index is 12.8. The van der Waals surface area contributed by atoms with E-state index in [1.807, 2.05) is 27.2 Å². The van der Waals surface area contributed by atoms with Crippen LogP contribution in [0.1, 0.15) is 194 Å². The molecule has 0 radical (unpaired) electrons. The molecule has 1 unspecified atom stereocenters. The van der Waals surface area contributed by atoms with E-state index in [2.05, 4.69) is 25.2 Å². The highest BCUT2D eigenvalue weighted by Gasteiger charge is 2.23. The lowest BCUT2D eigenvalue weighted by Gasteiger charge is -2.29. The van der Waals surface area contributed by atoms with E-state index in [0.29, 0.717) is 17.4 Å². The highest BCUT2D eigenvalue weighted by atomic mass is 31.2. The van der Waals surface area contributed by atoms with E-state index in [1.54, 1.807) is 12.2 Å². The van der Waals surface area contributed by atoms with Crippen LogP contribution in [0.15, 0.2) is 24.3 Å². The van der Waals surface area contributed by atoms with Crippen LogP contribution in [0, 0.1) is 0 Å². The molecule has 1 amide bonds. The number of phosphoric acid groups is 1. The standard InChI is InChI=1S/C43H85N2O6P/c1-6-8-10-12-14-16-18-19-20-21-22-23-24-25-26-27-29-31-33-35-37-43(47)44-41(40-51-52(48,49)50-39-38-45(3,4)5)42(46)36-34-32-30-28-17-15-13-11-9-7-2/h30,32,34,36,41-42,46H,6-29,31,33,35,37-40H2,1-5H3,(H-,44,47,48,49)/b32-30+,36-34+/t41-,42+/m0/s1. The molecule has 8 nitrogen and oxygen atoms in total. The lowest BCUT2D eigenvalue weighted by molar-refractivity contribution is -0.870. The third kappa shape index (κ3) is 37.3. The second-order valence-electron chi connectivity index (χ2n) is 16.1. The molecule has 3 atom stereocenters. The largest absolute Gasteiger partial charge is 0.756 e. The number of quaternary nitrogens is 1. The fourth-order valence-electron chi connectivity index (χ4n) is 6.21. The normalized spacial score (nSPS) is 14.7. The summed E-state index contributed by atoms with van der Waals surface area (Å²) in [7, 11) is 1.24. The zero-order valence-corrected chi connectivity index (χ0v) is 35.7. The van der Waals surface area contributed by atoms with Gasteiger partial charge in [-0.1, -0.05) is 192 Å². The average molecular weight is 757 g/mol. The number of carbonyl (C=O) groups excluding carboxylic acids is 1. The number of unbranched alkanes of at least 4 members (excludes halogenated alkanes) is 25. The van der Waals surface area contributed by atoms with Gasteiger partial charge in [-0.25, -0.2) is 0 Å². The number of likely N-dealkylation sites (N-methyl/N-ethyl adjacent to an activating group) is 1. The monoisotopic (exact) mass is 757 g/mol. The summed E-state index contributed by atoms with van der Waals surface area (Å²) in [6, 6.07) is -0.912. The lowest BCUT2D eigenvalue weighted by atomic mass is 10.0. The van der Waals surface area contributed by atoms with E-state index >= 15 is 0 Å². The molecule has 9 heteroatoms. The molecule has 0 aliphatic carbocycles. The summed E-state index contributed by atoms with van der Waals surface area (Å²) >= 11 is 0. The van der Waals surface area contributed by atoms with Crippen molar-refractivity contribution in [2.75, 3.05) is 40.9 Å². The van der Waals surface area contributed by atoms with Crippen LogP contribution < -0.4 is 10.2 Å². The Morgan fingerprint density at radius 2 is 1.10 bits per heavy atom. The first-order valence-corrected chi connectivity index (χ1v) is 23.2. The van der Waals surface area contributed by atoms with Gasteiger partial charge in [0.25, 0.3) is 7.82 Å². The second kappa shape index (κ2) is 35.7. The first-order valence-electron chi connectivity index (χ1n) is 21.7. The summed E-state index contributed by atoms with van der Waals surface area (Å²) < 4.78 is 23.1. The Kier molecular flexibility index (Phi) is 35.0. The van der Waals surface area contributed by atoms with Crippen molar-refractivity contribution in [3.8, 4) is 0 Å². The van der Waals surface area contributed by atoms with Gasteiger partial charge in [0.05, 0.1) is 39.9 Å². The van der Waals surface area contributed by atoms with Gasteiger partial charge >= 0.3 is 0 Å². The van der Waals surface area contributed by atoms with Gasteiger partial charge in [-0.05, 0) is 19.3 Å². The van der Waals surface area contributed by atoms with Gasteiger partial charge in [-0.2, -0.15) is 0 Å². The predicted molar refractivity (Wildman–Crippen MR) is 219 cm³/mol. The molecular weight excluding hydrogens is 671 g/mol. The molecular formula is C43H85N2O6P. The number of allylic oxidation sites excluding steroid dienone is 3. The Balaban J connectivity index is 4.31. The fraction of sp³-hybridized carbons (Fsp3) is 0.884. The number of carbonyl (C=O) groups is 1. The number of nitrogens with zero attached hydrogens (tertiary/aromatic N) is 1. The minimum atomic E-state index is -4.59. The summed E-state index contributed by atoms with van der Waals surface area (Å²) in [4.78, 5) is 25.2. The lowest BCUT2D eigenvalue weighted by Crippen LogP contribution is -2.45. The minimum Gasteiger partial charge on any atom is -0.756 e. The molecule has 0 spiro atoms. The molecule has 0 aromatic rings. The van der Waals surface area contributed by atoms with E-state index in [0.717, 1.165) is 32.1 Å². The molecule has 0 bridgehead atoms. The van der Waals surface area contributed by atoms with Crippen LogP contribution in [0.4, 0.5) is 0 Å². The quantitative estimate of drug-likeness (QED) is 0.0280. The minimum absolute atomic E-state index is 0.00734. The Bertz CT molecular complexity index is 907. The average Bonchev–Trinajstić information content (AvgIpc) is 3.09. The molecule has 0 saturated heterocycles. The van der Waals surface area contributed by atoms with Crippen LogP contribution in [0.25, 0.3) is 0 Å². The van der Waals surface area contributed by atoms with Crippen LogP contribution >= 0.6 is 7.82 Å². The zero-order valence-electron chi connectivity index (χ0n) is 34.8. The van der Waals surface area contributed by atoms with E-state index in [4.69, 9.17) is 9.05 Å². The molecule has 0 aromatic heterocycles. The molecule has 0 heterocycles. The number of hydrogen-bond donors (Lipinski definition) is 2. The summed E-state index contributed by atoms with van der Waals surface area (Å²) in [6.45, 7) is 4.58. The van der Waals surface area contributed by atoms with E-state index in [1.165, 1.54) is 141 Å². The maximum Gasteiger partial charge on any atom is 0.268 e. The number of rotatable bonds is 39. The molecule has 0 fully saturated rings. The van der Waals surface area contributed by atoms with Crippen molar-refractivity contribution in [2.24, 2.45) is 0 Å². The van der Waals surface area contributed by atoms with E-state index < -0.39 is 26.6 Å². The molecule has 0 aliphatic rings. The topological polar surface area (TPSA) is 108 Å². The number of hydrogen-bond acceptors (Lipinski definition) is 6. The first-order chi connectivity index (χ1) is 25.0. The Morgan fingerprint density at radius 3 is 1.54 bits per heavy atom. The van der Waals surface area contributed by atoms with Gasteiger partial charge in [0.15, 0.2) is 0 Å². The summed E-state index contributed by atoms with van der Waals surface area (Å²) in [5.41, 5.74) is 0. The van der Waals surface area contributed by atoms with Gasteiger partial charge in [0.1, 0.15) is 13.2 Å². The number of amides is 1. The summed E-state index contributed by atoms with van der Waals surface area (Å²) in [5, 5.41) is 13.7. The molecule has 0 rings (SSSR count). The molecule has 0 saturated carbocycles. The van der Waals surface area contributed by atoms with Crippen molar-refractivity contribution in [3.63, 3.8) is 0 Å². The van der Waals surface area contributed by atoms with Crippen LogP contribution in [0.2, 0.25) is 0 Å². The van der Waals surface area contributed by atoms with Crippen molar-refractivity contribution in [1.29, 1.82) is 0 Å². The third-order valence-corrected chi connectivity index (χ3v) is 10.7. The smallest absolute Gasteiger partial charge is 0.268 e. The highest BCUT2D eigenvalue weighted by Crippen LogP contribution is 2.38. The molecule has 2 N–H and O–H groups in total. The molecule has 308 valence electrons. The van der Waals surface area contributed by atoms with Gasteiger partial charge in [0, 0.05) is 6.42 Å². The van der Waals surface area contributed by atoms with E-state index in [9.17, 15) is 19.4 Å². The molecule has 0 aliphatic heterocycles. The number of aliphatic hydroxyl groups excluding tert-OH is 1. The van der Waals surface area contributed by atoms with E-state index in [-0.39, 0.29) is 12.5 Å². The fourth-order valence-corrected chi connectivity index (χ4v) is 6.93. The number of phosphoric ester groups is 1. The Labute approximate surface area is 322 Å². The van der Waals surface area contributed by atoms with Crippen molar-refractivity contribution >= 4 is 13.7 Å². The molecule has 0 aromatic carbocycles. The first kappa shape index (κ1) is 51.0. The van der Waals surface area contributed by atoms with Crippen LogP contribution in [-0.2, 0) is 18.4 Å². The van der Waals surface area contributed by atoms with Gasteiger partial charge in [0.2, 0.25) is 5.91 Å². The summed E-state index contributed by atoms with van der Waals surface area (Å²) in [5.74, 6) is -0.214. The van der Waals surface area contributed by atoms with Gasteiger partial charge < -0.3 is 28.8 Å². The van der Waals surface area contributed by atoms with Gasteiger partial charge in [-0.15, -0.1) is 0 Å². The van der Waals surface area contributed by atoms with Crippen molar-refractivity contribution < 1.29 is 32.9 Å².